The minimum atomic E-state index is -0.686. The molecule has 1 aliphatic heterocycles. The van der Waals surface area contributed by atoms with Gasteiger partial charge in [0.25, 0.3) is 5.91 Å². The van der Waals surface area contributed by atoms with Gasteiger partial charge in [-0.1, -0.05) is 44.2 Å². The van der Waals surface area contributed by atoms with Gasteiger partial charge in [0.15, 0.2) is 0 Å². The normalized spacial score (nSPS) is 16.9. The first-order valence-corrected chi connectivity index (χ1v) is 11.2. The van der Waals surface area contributed by atoms with Crippen molar-refractivity contribution in [1.82, 2.24) is 15.4 Å². The lowest BCUT2D eigenvalue weighted by Crippen LogP contribution is -2.50. The molecule has 1 fully saturated rings. The number of aryl methyl sites for hydroxylation is 1. The minimum Gasteiger partial charge on any atom is -0.489 e. The molecule has 1 aliphatic rings. The molecule has 0 saturated carbocycles. The third-order valence-corrected chi connectivity index (χ3v) is 6.19. The second kappa shape index (κ2) is 9.58. The Hall–Kier alpha value is -3.45. The quantitative estimate of drug-likeness (QED) is 0.422. The van der Waals surface area contributed by atoms with Crippen molar-refractivity contribution in [2.45, 2.75) is 45.8 Å². The largest absolute Gasteiger partial charge is 0.489 e. The number of hydrogen-bond donors (Lipinski definition) is 2. The highest BCUT2D eigenvalue weighted by molar-refractivity contribution is 5.91. The van der Waals surface area contributed by atoms with Crippen LogP contribution in [0, 0.1) is 12.8 Å². The Kier molecular flexibility index (Phi) is 6.60. The van der Waals surface area contributed by atoms with Gasteiger partial charge in [-0.05, 0) is 49.1 Å². The second-order valence-corrected chi connectivity index (χ2v) is 8.84. The Morgan fingerprint density at radius 1 is 1.21 bits per heavy atom. The van der Waals surface area contributed by atoms with Gasteiger partial charge in [0.05, 0.1) is 11.4 Å². The summed E-state index contributed by atoms with van der Waals surface area (Å²) in [7, 11) is 0. The van der Waals surface area contributed by atoms with Crippen LogP contribution in [0.1, 0.15) is 43.0 Å². The molecular formula is C26H29N3O4. The number of hydroxylamine groups is 1. The van der Waals surface area contributed by atoms with Gasteiger partial charge >= 0.3 is 0 Å². The number of nitrogens with one attached hydrogen (secondary N) is 1. The second-order valence-electron chi connectivity index (χ2n) is 8.84. The van der Waals surface area contributed by atoms with E-state index in [0.717, 1.165) is 33.5 Å². The van der Waals surface area contributed by atoms with Crippen LogP contribution in [0.15, 0.2) is 54.6 Å². The molecule has 172 valence electrons. The van der Waals surface area contributed by atoms with Crippen LogP contribution in [0.2, 0.25) is 0 Å². The first kappa shape index (κ1) is 22.7. The van der Waals surface area contributed by atoms with Crippen LogP contribution >= 0.6 is 0 Å². The van der Waals surface area contributed by atoms with Crippen molar-refractivity contribution in [3.8, 4) is 5.75 Å². The molecule has 3 aromatic rings. The summed E-state index contributed by atoms with van der Waals surface area (Å²) in [6, 6.07) is 16.9. The smallest absolute Gasteiger partial charge is 0.266 e. The standard InChI is InChI=1S/C26H29N3O4/c1-16(2)24(25(30)28-32)29-13-12-22(26(29)31)18-8-10-20(11-9-18)33-15-19-14-17(3)27-23-7-5-4-6-21(19)23/h4-11,14,16,22,24,32H,12-13,15H2,1-3H3,(H,28,30). The van der Waals surface area contributed by atoms with Gasteiger partial charge < -0.3 is 9.64 Å². The molecule has 2 atom stereocenters. The zero-order valence-corrected chi connectivity index (χ0v) is 19.1. The SMILES string of the molecule is Cc1cc(COc2ccc(C3CCN(C(C(=O)NO)C(C)C)C3=O)cc2)c2ccccc2n1. The van der Waals surface area contributed by atoms with E-state index >= 15 is 0 Å². The molecule has 1 aromatic heterocycles. The van der Waals surface area contributed by atoms with Crippen molar-refractivity contribution in [3.05, 3.63) is 71.4 Å². The van der Waals surface area contributed by atoms with Gasteiger partial charge in [0.2, 0.25) is 5.91 Å². The number of nitrogens with zero attached hydrogens (tertiary/aromatic N) is 2. The Bertz CT molecular complexity index is 1160. The molecule has 0 radical (unpaired) electrons. The molecule has 4 rings (SSSR count). The number of pyridine rings is 1. The van der Waals surface area contributed by atoms with Crippen LogP contribution in [0.25, 0.3) is 10.9 Å². The molecule has 1 saturated heterocycles. The molecule has 2 N–H and O–H groups in total. The fourth-order valence-corrected chi connectivity index (χ4v) is 4.63. The molecular weight excluding hydrogens is 418 g/mol. The van der Waals surface area contributed by atoms with E-state index in [0.29, 0.717) is 19.6 Å². The third kappa shape index (κ3) is 4.68. The maximum atomic E-state index is 13.1. The summed E-state index contributed by atoms with van der Waals surface area (Å²) in [5.74, 6) is -0.340. The molecule has 7 heteroatoms. The van der Waals surface area contributed by atoms with Crippen molar-refractivity contribution in [1.29, 1.82) is 0 Å². The third-order valence-electron chi connectivity index (χ3n) is 6.19. The number of carbonyl (C=O) groups excluding carboxylic acids is 2. The van der Waals surface area contributed by atoms with E-state index in [4.69, 9.17) is 9.94 Å². The predicted molar refractivity (Wildman–Crippen MR) is 125 cm³/mol. The number of likely N-dealkylation sites (tertiary alicyclic amines) is 1. The van der Waals surface area contributed by atoms with E-state index in [-0.39, 0.29) is 17.7 Å². The van der Waals surface area contributed by atoms with Crippen LogP contribution in [0.3, 0.4) is 0 Å². The molecule has 0 spiro atoms. The van der Waals surface area contributed by atoms with Crippen molar-refractivity contribution in [3.63, 3.8) is 0 Å². The highest BCUT2D eigenvalue weighted by Crippen LogP contribution is 2.32. The average Bonchev–Trinajstić information content (AvgIpc) is 3.18. The fourth-order valence-electron chi connectivity index (χ4n) is 4.63. The molecule has 0 bridgehead atoms. The van der Waals surface area contributed by atoms with Crippen molar-refractivity contribution < 1.29 is 19.5 Å². The maximum absolute atomic E-state index is 13.1. The van der Waals surface area contributed by atoms with Gasteiger partial charge in [0.1, 0.15) is 18.4 Å². The Balaban J connectivity index is 1.45. The molecule has 2 heterocycles. The summed E-state index contributed by atoms with van der Waals surface area (Å²) in [4.78, 5) is 31.3. The average molecular weight is 448 g/mol. The van der Waals surface area contributed by atoms with Gasteiger partial charge in [-0.15, -0.1) is 0 Å². The predicted octanol–water partition coefficient (Wildman–Crippen LogP) is 3.97. The lowest BCUT2D eigenvalue weighted by Gasteiger charge is -2.29. The number of carbonyl (C=O) groups is 2. The monoisotopic (exact) mass is 447 g/mol. The summed E-state index contributed by atoms with van der Waals surface area (Å²) < 4.78 is 6.03. The van der Waals surface area contributed by atoms with Crippen molar-refractivity contribution in [2.24, 2.45) is 5.92 Å². The maximum Gasteiger partial charge on any atom is 0.266 e. The highest BCUT2D eigenvalue weighted by Gasteiger charge is 2.40. The zero-order valence-electron chi connectivity index (χ0n) is 19.1. The number of fused-ring (bicyclic) bond motifs is 1. The molecule has 2 unspecified atom stereocenters. The summed E-state index contributed by atoms with van der Waals surface area (Å²) >= 11 is 0. The number of para-hydroxylation sites is 1. The minimum absolute atomic E-state index is 0.0929. The van der Waals surface area contributed by atoms with Crippen LogP contribution in [-0.2, 0) is 16.2 Å². The first-order valence-electron chi connectivity index (χ1n) is 11.2. The number of benzene rings is 2. The molecule has 33 heavy (non-hydrogen) atoms. The first-order chi connectivity index (χ1) is 15.9. The van der Waals surface area contributed by atoms with E-state index in [1.165, 1.54) is 0 Å². The lowest BCUT2D eigenvalue weighted by molar-refractivity contribution is -0.144. The van der Waals surface area contributed by atoms with E-state index in [2.05, 4.69) is 4.98 Å². The van der Waals surface area contributed by atoms with Crippen LogP contribution in [0.4, 0.5) is 0 Å². The Morgan fingerprint density at radius 2 is 1.94 bits per heavy atom. The summed E-state index contributed by atoms with van der Waals surface area (Å²) in [5, 5.41) is 10.1. The van der Waals surface area contributed by atoms with E-state index < -0.39 is 11.9 Å². The van der Waals surface area contributed by atoms with E-state index in [9.17, 15) is 9.59 Å². The van der Waals surface area contributed by atoms with Crippen molar-refractivity contribution >= 4 is 22.7 Å². The van der Waals surface area contributed by atoms with Crippen LogP contribution < -0.4 is 10.2 Å². The molecule has 7 nitrogen and oxygen atoms in total. The zero-order chi connectivity index (χ0) is 23.5. The molecule has 2 aromatic carbocycles. The van der Waals surface area contributed by atoms with Gasteiger partial charge in [0, 0.05) is 23.2 Å². The van der Waals surface area contributed by atoms with Crippen LogP contribution in [0.5, 0.6) is 5.75 Å². The Morgan fingerprint density at radius 3 is 2.64 bits per heavy atom. The topological polar surface area (TPSA) is 91.8 Å². The molecule has 2 amide bonds. The van der Waals surface area contributed by atoms with Gasteiger partial charge in [-0.2, -0.15) is 0 Å². The number of ether oxygens (including phenoxy) is 1. The van der Waals surface area contributed by atoms with Crippen molar-refractivity contribution in [2.75, 3.05) is 6.54 Å². The van der Waals surface area contributed by atoms with E-state index in [1.54, 1.807) is 10.4 Å². The lowest BCUT2D eigenvalue weighted by atomic mass is 9.97. The summed E-state index contributed by atoms with van der Waals surface area (Å²) in [5.41, 5.74) is 5.56. The van der Waals surface area contributed by atoms with Gasteiger partial charge in [-0.25, -0.2) is 5.48 Å². The fraction of sp³-hybridized carbons (Fsp3) is 0.346. The summed E-state index contributed by atoms with van der Waals surface area (Å²) in [6.07, 6.45) is 0.628. The number of rotatable bonds is 7. The van der Waals surface area contributed by atoms with E-state index in [1.807, 2.05) is 75.4 Å². The Labute approximate surface area is 193 Å². The van der Waals surface area contributed by atoms with Gasteiger partial charge in [-0.3, -0.25) is 19.8 Å². The summed E-state index contributed by atoms with van der Waals surface area (Å²) in [6.45, 7) is 6.60. The van der Waals surface area contributed by atoms with Crippen LogP contribution in [-0.4, -0.2) is 39.5 Å². The number of amides is 2. The number of hydrogen-bond acceptors (Lipinski definition) is 5. The highest BCUT2D eigenvalue weighted by atomic mass is 16.5. The molecule has 0 aliphatic carbocycles. The number of aromatic nitrogens is 1.